The molecule has 0 radical (unpaired) electrons. The van der Waals surface area contributed by atoms with Crippen LogP contribution in [0, 0.1) is 16.0 Å². The van der Waals surface area contributed by atoms with E-state index in [4.69, 9.17) is 4.74 Å². The van der Waals surface area contributed by atoms with Crippen molar-refractivity contribution in [3.8, 4) is 5.75 Å². The standard InChI is InChI=1S/C15H18BrNO4/c1-9-3-5-12(6-4-9)21-15-13(10(2)18)7-11(16)8-14(15)17(19)20/h7-9,12H,3-6H2,1-2H3. The third-order valence-corrected chi connectivity index (χ3v) is 4.32. The predicted octanol–water partition coefficient (Wildman–Crippen LogP) is 4.52. The summed E-state index contributed by atoms with van der Waals surface area (Å²) in [7, 11) is 0. The molecule has 0 bridgehead atoms. The number of ketones is 1. The summed E-state index contributed by atoms with van der Waals surface area (Å²) in [6.45, 7) is 3.58. The Morgan fingerprint density at radius 2 is 1.95 bits per heavy atom. The third kappa shape index (κ3) is 3.81. The molecule has 1 aromatic carbocycles. The van der Waals surface area contributed by atoms with Crippen LogP contribution in [0.3, 0.4) is 0 Å². The van der Waals surface area contributed by atoms with Crippen LogP contribution in [-0.4, -0.2) is 16.8 Å². The van der Waals surface area contributed by atoms with Gasteiger partial charge in [0.05, 0.1) is 16.6 Å². The predicted molar refractivity (Wildman–Crippen MR) is 82.8 cm³/mol. The number of hydrogen-bond donors (Lipinski definition) is 0. The van der Waals surface area contributed by atoms with E-state index in [2.05, 4.69) is 22.9 Å². The van der Waals surface area contributed by atoms with Crippen LogP contribution in [0.5, 0.6) is 5.75 Å². The Bertz CT molecular complexity index is 530. The average Bonchev–Trinajstić information content (AvgIpc) is 2.42. The first-order valence-electron chi connectivity index (χ1n) is 7.04. The van der Waals surface area contributed by atoms with E-state index in [-0.39, 0.29) is 28.9 Å². The summed E-state index contributed by atoms with van der Waals surface area (Å²) in [5, 5.41) is 11.2. The lowest BCUT2D eigenvalue weighted by Gasteiger charge is -2.27. The van der Waals surface area contributed by atoms with Crippen LogP contribution in [0.15, 0.2) is 16.6 Å². The number of carbonyl (C=O) groups excluding carboxylic acids is 1. The number of rotatable bonds is 4. The molecule has 1 fully saturated rings. The van der Waals surface area contributed by atoms with Crippen LogP contribution in [0.4, 0.5) is 5.69 Å². The van der Waals surface area contributed by atoms with Crippen molar-refractivity contribution in [3.63, 3.8) is 0 Å². The van der Waals surface area contributed by atoms with E-state index in [0.717, 1.165) is 25.7 Å². The Hall–Kier alpha value is -1.43. The molecule has 0 saturated heterocycles. The lowest BCUT2D eigenvalue weighted by atomic mass is 9.89. The van der Waals surface area contributed by atoms with Crippen molar-refractivity contribution in [2.75, 3.05) is 0 Å². The number of nitro groups is 1. The minimum Gasteiger partial charge on any atom is -0.483 e. The van der Waals surface area contributed by atoms with Gasteiger partial charge in [0.1, 0.15) is 0 Å². The molecule has 0 atom stereocenters. The summed E-state index contributed by atoms with van der Waals surface area (Å²) in [6, 6.07) is 2.96. The molecule has 0 aliphatic heterocycles. The first-order valence-corrected chi connectivity index (χ1v) is 7.83. The summed E-state index contributed by atoms with van der Waals surface area (Å²) in [5.74, 6) is 0.533. The summed E-state index contributed by atoms with van der Waals surface area (Å²) in [5.41, 5.74) is 0.0999. The number of nitrogens with zero attached hydrogens (tertiary/aromatic N) is 1. The van der Waals surface area contributed by atoms with Crippen molar-refractivity contribution in [1.82, 2.24) is 0 Å². The quantitative estimate of drug-likeness (QED) is 0.452. The highest BCUT2D eigenvalue weighted by Crippen LogP contribution is 2.37. The molecule has 1 aliphatic carbocycles. The van der Waals surface area contributed by atoms with E-state index in [0.29, 0.717) is 10.4 Å². The molecule has 1 aliphatic rings. The number of hydrogen-bond acceptors (Lipinski definition) is 4. The van der Waals surface area contributed by atoms with Gasteiger partial charge in [-0.1, -0.05) is 22.9 Å². The van der Waals surface area contributed by atoms with E-state index in [1.165, 1.54) is 13.0 Å². The average molecular weight is 356 g/mol. The fraction of sp³-hybridized carbons (Fsp3) is 0.533. The highest BCUT2D eigenvalue weighted by Gasteiger charge is 2.27. The lowest BCUT2D eigenvalue weighted by molar-refractivity contribution is -0.386. The Labute approximate surface area is 132 Å². The molecule has 0 spiro atoms. The monoisotopic (exact) mass is 355 g/mol. The maximum Gasteiger partial charge on any atom is 0.312 e. The third-order valence-electron chi connectivity index (χ3n) is 3.86. The van der Waals surface area contributed by atoms with Crippen molar-refractivity contribution in [2.24, 2.45) is 5.92 Å². The zero-order chi connectivity index (χ0) is 15.6. The van der Waals surface area contributed by atoms with E-state index in [1.54, 1.807) is 6.07 Å². The smallest absolute Gasteiger partial charge is 0.312 e. The second-order valence-corrected chi connectivity index (χ2v) is 6.53. The van der Waals surface area contributed by atoms with Crippen molar-refractivity contribution < 1.29 is 14.5 Å². The molecule has 6 heteroatoms. The van der Waals surface area contributed by atoms with Gasteiger partial charge in [-0.15, -0.1) is 0 Å². The maximum absolute atomic E-state index is 11.8. The number of ether oxygens (including phenoxy) is 1. The van der Waals surface area contributed by atoms with Crippen molar-refractivity contribution in [2.45, 2.75) is 45.6 Å². The molecule has 0 heterocycles. The molecule has 0 unspecified atom stereocenters. The fourth-order valence-corrected chi connectivity index (χ4v) is 3.06. The Morgan fingerprint density at radius 3 is 2.48 bits per heavy atom. The van der Waals surface area contributed by atoms with Crippen molar-refractivity contribution in [3.05, 3.63) is 32.3 Å². The van der Waals surface area contributed by atoms with Crippen LogP contribution in [0.1, 0.15) is 49.9 Å². The zero-order valence-electron chi connectivity index (χ0n) is 12.1. The van der Waals surface area contributed by atoms with Gasteiger partial charge in [0.15, 0.2) is 5.78 Å². The molecule has 0 amide bonds. The van der Waals surface area contributed by atoms with Gasteiger partial charge in [0.2, 0.25) is 5.75 Å². The van der Waals surface area contributed by atoms with E-state index >= 15 is 0 Å². The number of halogens is 1. The first kappa shape index (κ1) is 15.9. The van der Waals surface area contributed by atoms with Crippen molar-refractivity contribution >= 4 is 27.4 Å². The summed E-state index contributed by atoms with van der Waals surface area (Å²) in [6.07, 6.45) is 3.77. The topological polar surface area (TPSA) is 69.4 Å². The minimum absolute atomic E-state index is 0.0563. The molecule has 2 rings (SSSR count). The molecule has 1 aromatic rings. The second kappa shape index (κ2) is 6.56. The second-order valence-electron chi connectivity index (χ2n) is 5.61. The molecule has 21 heavy (non-hydrogen) atoms. The number of carbonyl (C=O) groups is 1. The van der Waals surface area contributed by atoms with Crippen LogP contribution in [-0.2, 0) is 0 Å². The SMILES string of the molecule is CC(=O)c1cc(Br)cc([N+](=O)[O-])c1OC1CCC(C)CC1. The fourth-order valence-electron chi connectivity index (χ4n) is 2.61. The molecule has 1 saturated carbocycles. The van der Waals surface area contributed by atoms with Gasteiger partial charge in [0, 0.05) is 10.5 Å². The number of benzene rings is 1. The normalized spacial score (nSPS) is 21.9. The largest absolute Gasteiger partial charge is 0.483 e. The maximum atomic E-state index is 11.8. The van der Waals surface area contributed by atoms with Gasteiger partial charge in [-0.05, 0) is 44.6 Å². The van der Waals surface area contributed by atoms with E-state index < -0.39 is 4.92 Å². The highest BCUT2D eigenvalue weighted by molar-refractivity contribution is 9.10. The van der Waals surface area contributed by atoms with Crippen LogP contribution in [0.2, 0.25) is 0 Å². The summed E-state index contributed by atoms with van der Waals surface area (Å²) < 4.78 is 6.36. The molecule has 0 aromatic heterocycles. The molecule has 0 N–H and O–H groups in total. The summed E-state index contributed by atoms with van der Waals surface area (Å²) in [4.78, 5) is 22.5. The van der Waals surface area contributed by atoms with Gasteiger partial charge in [-0.2, -0.15) is 0 Å². The Balaban J connectivity index is 2.35. The van der Waals surface area contributed by atoms with Crippen molar-refractivity contribution in [1.29, 1.82) is 0 Å². The molecule has 114 valence electrons. The first-order chi connectivity index (χ1) is 9.88. The van der Waals surface area contributed by atoms with Crippen LogP contribution in [0.25, 0.3) is 0 Å². The number of nitro benzene ring substituents is 1. The van der Waals surface area contributed by atoms with E-state index in [1.807, 2.05) is 0 Å². The lowest BCUT2D eigenvalue weighted by Crippen LogP contribution is -2.24. The summed E-state index contributed by atoms with van der Waals surface area (Å²) >= 11 is 3.20. The van der Waals surface area contributed by atoms with Gasteiger partial charge in [0.25, 0.3) is 0 Å². The van der Waals surface area contributed by atoms with Crippen LogP contribution < -0.4 is 4.74 Å². The van der Waals surface area contributed by atoms with Gasteiger partial charge in [-0.25, -0.2) is 0 Å². The minimum atomic E-state index is -0.502. The van der Waals surface area contributed by atoms with Gasteiger partial charge < -0.3 is 4.74 Å². The van der Waals surface area contributed by atoms with Crippen LogP contribution >= 0.6 is 15.9 Å². The van der Waals surface area contributed by atoms with Gasteiger partial charge in [-0.3, -0.25) is 14.9 Å². The zero-order valence-corrected chi connectivity index (χ0v) is 13.7. The van der Waals surface area contributed by atoms with E-state index in [9.17, 15) is 14.9 Å². The molecular weight excluding hydrogens is 338 g/mol. The molecular formula is C15H18BrNO4. The van der Waals surface area contributed by atoms with Gasteiger partial charge >= 0.3 is 5.69 Å². The Morgan fingerprint density at radius 1 is 1.33 bits per heavy atom. The number of Topliss-reactive ketones (excluding diaryl/α,β-unsaturated/α-hetero) is 1. The highest BCUT2D eigenvalue weighted by atomic mass is 79.9. The molecule has 5 nitrogen and oxygen atoms in total. The Kier molecular flexibility index (Phi) is 4.98.